The molecule has 1 fully saturated rings. The van der Waals surface area contributed by atoms with Crippen molar-refractivity contribution in [2.45, 2.75) is 57.9 Å². The van der Waals surface area contributed by atoms with Crippen LogP contribution in [0.5, 0.6) is 0 Å². The van der Waals surface area contributed by atoms with Gasteiger partial charge in [-0.05, 0) is 56.6 Å². The van der Waals surface area contributed by atoms with Crippen LogP contribution < -0.4 is 11.1 Å². The van der Waals surface area contributed by atoms with E-state index in [1.165, 1.54) is 11.1 Å². The minimum absolute atomic E-state index is 0.00295. The maximum absolute atomic E-state index is 12.7. The number of hydrogen-bond acceptors (Lipinski definition) is 3. The van der Waals surface area contributed by atoms with E-state index in [1.807, 2.05) is 12.1 Å². The number of nitrogen functional groups attached to an aromatic ring is 1. The average Bonchev–Trinajstić information content (AvgIpc) is 3.22. The van der Waals surface area contributed by atoms with Crippen molar-refractivity contribution in [1.82, 2.24) is 5.32 Å². The van der Waals surface area contributed by atoms with Crippen molar-refractivity contribution in [3.8, 4) is 0 Å². The number of aryl methyl sites for hydroxylation is 2. The fourth-order valence-electron chi connectivity index (χ4n) is 4.19. The van der Waals surface area contributed by atoms with Crippen molar-refractivity contribution < 1.29 is 9.59 Å². The Balaban J connectivity index is 1.46. The summed E-state index contributed by atoms with van der Waals surface area (Å²) < 4.78 is 0. The summed E-state index contributed by atoms with van der Waals surface area (Å²) in [4.78, 5) is 25.2. The zero-order chi connectivity index (χ0) is 21.7. The molecule has 0 saturated heterocycles. The molecule has 2 aromatic rings. The monoisotopic (exact) mass is 405 g/mol. The van der Waals surface area contributed by atoms with E-state index in [2.05, 4.69) is 36.5 Å². The highest BCUT2D eigenvalue weighted by Crippen LogP contribution is 2.38. The Morgan fingerprint density at radius 3 is 2.57 bits per heavy atom. The van der Waals surface area contributed by atoms with E-state index in [9.17, 15) is 9.59 Å². The summed E-state index contributed by atoms with van der Waals surface area (Å²) in [6.07, 6.45) is 3.71. The number of amidine groups is 1. The van der Waals surface area contributed by atoms with E-state index in [4.69, 9.17) is 11.1 Å². The minimum Gasteiger partial charge on any atom is -0.384 e. The molecule has 158 valence electrons. The molecule has 0 radical (unpaired) electrons. The molecule has 30 heavy (non-hydrogen) atoms. The molecule has 0 heterocycles. The second-order valence-corrected chi connectivity index (χ2v) is 8.43. The Kier molecular flexibility index (Phi) is 7.03. The molecule has 4 N–H and O–H groups in total. The van der Waals surface area contributed by atoms with Crippen LogP contribution in [0.15, 0.2) is 48.5 Å². The van der Waals surface area contributed by atoms with Gasteiger partial charge in [-0.2, -0.15) is 0 Å². The SMILES string of the molecule is Cc1cccc([C@@H]2CC[C@@H](C(=O)N[C@@H](C)C(=O)CCc3ccc(C(=N)N)cc3)C2)c1. The molecule has 0 spiro atoms. The summed E-state index contributed by atoms with van der Waals surface area (Å²) in [5.41, 5.74) is 9.71. The number of nitrogens with one attached hydrogen (secondary N) is 2. The van der Waals surface area contributed by atoms with E-state index < -0.39 is 6.04 Å². The fraction of sp³-hybridized carbons (Fsp3) is 0.400. The van der Waals surface area contributed by atoms with E-state index in [1.54, 1.807) is 19.1 Å². The van der Waals surface area contributed by atoms with Gasteiger partial charge >= 0.3 is 0 Å². The Bertz CT molecular complexity index is 920. The van der Waals surface area contributed by atoms with E-state index in [0.29, 0.717) is 24.3 Å². The zero-order valence-electron chi connectivity index (χ0n) is 17.8. The zero-order valence-corrected chi connectivity index (χ0v) is 17.8. The summed E-state index contributed by atoms with van der Waals surface area (Å²) in [7, 11) is 0. The minimum atomic E-state index is -0.480. The Labute approximate surface area is 178 Å². The van der Waals surface area contributed by atoms with Gasteiger partial charge < -0.3 is 11.1 Å². The molecule has 1 aliphatic carbocycles. The molecule has 0 aromatic heterocycles. The molecule has 3 rings (SSSR count). The van der Waals surface area contributed by atoms with Crippen molar-refractivity contribution in [3.63, 3.8) is 0 Å². The van der Waals surface area contributed by atoms with Gasteiger partial charge in [0, 0.05) is 17.9 Å². The number of benzene rings is 2. The van der Waals surface area contributed by atoms with Crippen molar-refractivity contribution in [2.24, 2.45) is 11.7 Å². The third-order valence-electron chi connectivity index (χ3n) is 6.08. The van der Waals surface area contributed by atoms with Gasteiger partial charge in [0.15, 0.2) is 5.78 Å². The Hall–Kier alpha value is -2.95. The number of ketones is 1. The van der Waals surface area contributed by atoms with Crippen molar-refractivity contribution in [3.05, 3.63) is 70.8 Å². The second kappa shape index (κ2) is 9.70. The van der Waals surface area contributed by atoms with Crippen LogP contribution in [0.4, 0.5) is 0 Å². The van der Waals surface area contributed by atoms with Gasteiger partial charge in [-0.15, -0.1) is 0 Å². The highest BCUT2D eigenvalue weighted by atomic mass is 16.2. The van der Waals surface area contributed by atoms with Crippen molar-refractivity contribution >= 4 is 17.5 Å². The molecular weight excluding hydrogens is 374 g/mol. The van der Waals surface area contributed by atoms with Gasteiger partial charge in [0.25, 0.3) is 0 Å². The van der Waals surface area contributed by atoms with Gasteiger partial charge in [-0.3, -0.25) is 15.0 Å². The van der Waals surface area contributed by atoms with Crippen LogP contribution >= 0.6 is 0 Å². The number of nitrogens with two attached hydrogens (primary N) is 1. The van der Waals surface area contributed by atoms with Gasteiger partial charge in [-0.25, -0.2) is 0 Å². The lowest BCUT2D eigenvalue weighted by atomic mass is 9.95. The first-order valence-electron chi connectivity index (χ1n) is 10.7. The molecule has 5 nitrogen and oxygen atoms in total. The van der Waals surface area contributed by atoms with Gasteiger partial charge in [0.1, 0.15) is 5.84 Å². The quantitative estimate of drug-likeness (QED) is 0.459. The Morgan fingerprint density at radius 1 is 1.17 bits per heavy atom. The summed E-state index contributed by atoms with van der Waals surface area (Å²) in [5.74, 6) is 0.462. The summed E-state index contributed by atoms with van der Waals surface area (Å²) >= 11 is 0. The number of carbonyl (C=O) groups is 2. The number of Topliss-reactive ketones (excluding diaryl/α,β-unsaturated/α-hetero) is 1. The van der Waals surface area contributed by atoms with Crippen LogP contribution in [0.25, 0.3) is 0 Å². The van der Waals surface area contributed by atoms with Crippen LogP contribution in [0, 0.1) is 18.3 Å². The predicted octanol–water partition coefficient (Wildman–Crippen LogP) is 3.87. The summed E-state index contributed by atoms with van der Waals surface area (Å²) in [5, 5.41) is 10.4. The lowest BCUT2D eigenvalue weighted by Crippen LogP contribution is -2.41. The maximum atomic E-state index is 12.7. The van der Waals surface area contributed by atoms with Crippen molar-refractivity contribution in [2.75, 3.05) is 0 Å². The molecule has 5 heteroatoms. The molecule has 0 aliphatic heterocycles. The maximum Gasteiger partial charge on any atom is 0.223 e. The number of carbonyl (C=O) groups excluding carboxylic acids is 2. The number of rotatable bonds is 8. The molecule has 0 unspecified atom stereocenters. The smallest absolute Gasteiger partial charge is 0.223 e. The summed E-state index contributed by atoms with van der Waals surface area (Å²) in [6.45, 7) is 3.86. The molecule has 2 aromatic carbocycles. The second-order valence-electron chi connectivity index (χ2n) is 8.43. The largest absolute Gasteiger partial charge is 0.384 e. The third-order valence-corrected chi connectivity index (χ3v) is 6.08. The van der Waals surface area contributed by atoms with E-state index in [0.717, 1.165) is 24.8 Å². The van der Waals surface area contributed by atoms with Gasteiger partial charge in [0.05, 0.1) is 6.04 Å². The first kappa shape index (κ1) is 21.8. The van der Waals surface area contributed by atoms with Gasteiger partial charge in [-0.1, -0.05) is 54.1 Å². The lowest BCUT2D eigenvalue weighted by molar-refractivity contribution is -0.129. The highest BCUT2D eigenvalue weighted by Gasteiger charge is 2.31. The first-order valence-corrected chi connectivity index (χ1v) is 10.7. The number of amides is 1. The van der Waals surface area contributed by atoms with Crippen molar-refractivity contribution in [1.29, 1.82) is 5.41 Å². The fourth-order valence-corrected chi connectivity index (χ4v) is 4.19. The molecule has 3 atom stereocenters. The molecule has 1 saturated carbocycles. The van der Waals surface area contributed by atoms with Crippen LogP contribution in [0.2, 0.25) is 0 Å². The highest BCUT2D eigenvalue weighted by molar-refractivity contribution is 5.95. The Morgan fingerprint density at radius 2 is 1.90 bits per heavy atom. The van der Waals surface area contributed by atoms with Crippen LogP contribution in [-0.4, -0.2) is 23.6 Å². The normalized spacial score (nSPS) is 19.3. The van der Waals surface area contributed by atoms with E-state index in [-0.39, 0.29) is 23.4 Å². The van der Waals surface area contributed by atoms with Gasteiger partial charge in [0.2, 0.25) is 5.91 Å². The van der Waals surface area contributed by atoms with Crippen LogP contribution in [-0.2, 0) is 16.0 Å². The number of hydrogen-bond donors (Lipinski definition) is 3. The molecule has 0 bridgehead atoms. The average molecular weight is 406 g/mol. The first-order chi connectivity index (χ1) is 14.3. The molecular formula is C25H31N3O2. The molecule has 1 aliphatic rings. The predicted molar refractivity (Wildman–Crippen MR) is 120 cm³/mol. The van der Waals surface area contributed by atoms with E-state index >= 15 is 0 Å². The van der Waals surface area contributed by atoms with Crippen LogP contribution in [0.1, 0.15) is 60.8 Å². The summed E-state index contributed by atoms with van der Waals surface area (Å²) in [6, 6.07) is 15.4. The molecule has 1 amide bonds. The third kappa shape index (κ3) is 5.56. The standard InChI is InChI=1S/C25H31N3O2/c1-16-4-3-5-20(14-16)21-11-12-22(15-21)25(30)28-17(2)23(29)13-8-18-6-9-19(10-7-18)24(26)27/h3-7,9-10,14,17,21-22H,8,11-13,15H2,1-2H3,(H3,26,27)(H,28,30)/t17-,21+,22+/m0/s1. The topological polar surface area (TPSA) is 96.0 Å². The lowest BCUT2D eigenvalue weighted by Gasteiger charge is -2.17. The van der Waals surface area contributed by atoms with Crippen LogP contribution in [0.3, 0.4) is 0 Å².